The Morgan fingerprint density at radius 2 is 1.62 bits per heavy atom. The van der Waals surface area contributed by atoms with Crippen LogP contribution in [0.5, 0.6) is 0 Å². The number of nitrogens with zero attached hydrogens (tertiary/aromatic N) is 1. The van der Waals surface area contributed by atoms with E-state index in [1.807, 2.05) is 6.07 Å². The average Bonchev–Trinajstić information content (AvgIpc) is 2.19. The number of anilines is 2. The molecule has 2 nitrogen and oxygen atoms in total. The maximum absolute atomic E-state index is 5.79. The van der Waals surface area contributed by atoms with E-state index in [0.717, 1.165) is 5.69 Å². The Morgan fingerprint density at radius 1 is 1.00 bits per heavy atom. The lowest BCUT2D eigenvalue weighted by atomic mass is 10.1. The number of benzene rings is 1. The fourth-order valence-corrected chi connectivity index (χ4v) is 3.15. The van der Waals surface area contributed by atoms with Crippen molar-refractivity contribution in [3.8, 4) is 0 Å². The lowest BCUT2D eigenvalue weighted by Crippen LogP contribution is -2.27. The maximum Gasteiger partial charge on any atom is 0.0503 e. The molecule has 1 fully saturated rings. The Balaban J connectivity index is 2.14. The van der Waals surface area contributed by atoms with Crippen molar-refractivity contribution in [1.29, 1.82) is 0 Å². The molecule has 1 heterocycles. The third kappa shape index (κ3) is 3.03. The van der Waals surface area contributed by atoms with Crippen molar-refractivity contribution in [3.63, 3.8) is 0 Å². The summed E-state index contributed by atoms with van der Waals surface area (Å²) >= 11 is 2.39. The molecule has 1 aromatic rings. The van der Waals surface area contributed by atoms with Crippen LogP contribution in [0, 0.1) is 3.57 Å². The summed E-state index contributed by atoms with van der Waals surface area (Å²) in [6.45, 7) is 2.39. The van der Waals surface area contributed by atoms with Gasteiger partial charge < -0.3 is 10.6 Å². The third-order valence-corrected chi connectivity index (χ3v) is 4.03. The summed E-state index contributed by atoms with van der Waals surface area (Å²) in [5.74, 6) is 0. The molecule has 3 heteroatoms. The second kappa shape index (κ2) is 5.75. The topological polar surface area (TPSA) is 29.3 Å². The first-order valence-electron chi connectivity index (χ1n) is 6.07. The number of rotatable bonds is 1. The van der Waals surface area contributed by atoms with Crippen LogP contribution in [0.3, 0.4) is 0 Å². The molecule has 0 atom stereocenters. The van der Waals surface area contributed by atoms with Crippen molar-refractivity contribution in [1.82, 2.24) is 0 Å². The first kappa shape index (κ1) is 12.0. The summed E-state index contributed by atoms with van der Waals surface area (Å²) in [7, 11) is 0. The zero-order valence-electron chi connectivity index (χ0n) is 9.58. The molecule has 1 aromatic carbocycles. The Hall–Kier alpha value is -0.450. The maximum atomic E-state index is 5.79. The minimum absolute atomic E-state index is 0.861. The number of nitrogens with two attached hydrogens (primary N) is 1. The van der Waals surface area contributed by atoms with Gasteiger partial charge in [0.15, 0.2) is 0 Å². The molecular formula is C13H19IN2. The van der Waals surface area contributed by atoms with E-state index >= 15 is 0 Å². The SMILES string of the molecule is Nc1ccc(N2CCCCCCC2)c(I)c1. The van der Waals surface area contributed by atoms with E-state index in [1.54, 1.807) is 0 Å². The Labute approximate surface area is 111 Å². The molecule has 0 aromatic heterocycles. The molecule has 0 unspecified atom stereocenters. The van der Waals surface area contributed by atoms with E-state index in [4.69, 9.17) is 5.73 Å². The second-order valence-corrected chi connectivity index (χ2v) is 5.63. The summed E-state index contributed by atoms with van der Waals surface area (Å²) in [6.07, 6.45) is 6.80. The highest BCUT2D eigenvalue weighted by atomic mass is 127. The van der Waals surface area contributed by atoms with Crippen molar-refractivity contribution in [3.05, 3.63) is 21.8 Å². The van der Waals surface area contributed by atoms with Crippen LogP contribution in [0.15, 0.2) is 18.2 Å². The minimum Gasteiger partial charge on any atom is -0.399 e. The number of hydrogen-bond donors (Lipinski definition) is 1. The standard InChI is InChI=1S/C13H19IN2/c14-12-10-11(15)6-7-13(12)16-8-4-2-1-3-5-9-16/h6-7,10H,1-5,8-9,15H2. The van der Waals surface area contributed by atoms with E-state index in [1.165, 1.54) is 54.5 Å². The summed E-state index contributed by atoms with van der Waals surface area (Å²) in [5, 5.41) is 0. The minimum atomic E-state index is 0.861. The van der Waals surface area contributed by atoms with Gasteiger partial charge in [-0.1, -0.05) is 19.3 Å². The molecule has 0 saturated carbocycles. The lowest BCUT2D eigenvalue weighted by molar-refractivity contribution is 0.556. The number of nitrogen functional groups attached to an aromatic ring is 1. The van der Waals surface area contributed by atoms with Crippen LogP contribution >= 0.6 is 22.6 Å². The van der Waals surface area contributed by atoms with Gasteiger partial charge in [-0.3, -0.25) is 0 Å². The Bertz CT molecular complexity index is 344. The third-order valence-electron chi connectivity index (χ3n) is 3.17. The summed E-state index contributed by atoms with van der Waals surface area (Å²) in [4.78, 5) is 2.51. The first-order valence-corrected chi connectivity index (χ1v) is 7.15. The molecule has 88 valence electrons. The molecule has 1 saturated heterocycles. The van der Waals surface area contributed by atoms with E-state index in [0.29, 0.717) is 0 Å². The lowest BCUT2D eigenvalue weighted by Gasteiger charge is -2.28. The van der Waals surface area contributed by atoms with Crippen molar-refractivity contribution in [2.75, 3.05) is 23.7 Å². The van der Waals surface area contributed by atoms with Gasteiger partial charge in [-0.05, 0) is 53.6 Å². The van der Waals surface area contributed by atoms with Crippen molar-refractivity contribution >= 4 is 34.0 Å². The number of hydrogen-bond acceptors (Lipinski definition) is 2. The van der Waals surface area contributed by atoms with Gasteiger partial charge >= 0.3 is 0 Å². The second-order valence-electron chi connectivity index (χ2n) is 4.47. The summed E-state index contributed by atoms with van der Waals surface area (Å²) in [5.41, 5.74) is 8.01. The molecule has 16 heavy (non-hydrogen) atoms. The monoisotopic (exact) mass is 330 g/mol. The van der Waals surface area contributed by atoms with Crippen LogP contribution in [0.25, 0.3) is 0 Å². The molecule has 0 radical (unpaired) electrons. The highest BCUT2D eigenvalue weighted by Crippen LogP contribution is 2.26. The summed E-state index contributed by atoms with van der Waals surface area (Å²) < 4.78 is 1.28. The molecule has 1 aliphatic rings. The average molecular weight is 330 g/mol. The van der Waals surface area contributed by atoms with Crippen LogP contribution in [0.4, 0.5) is 11.4 Å². The van der Waals surface area contributed by atoms with E-state index in [-0.39, 0.29) is 0 Å². The molecule has 1 aliphatic heterocycles. The van der Waals surface area contributed by atoms with E-state index in [2.05, 4.69) is 39.6 Å². The fourth-order valence-electron chi connectivity index (χ4n) is 2.27. The van der Waals surface area contributed by atoms with Gasteiger partial charge in [-0.25, -0.2) is 0 Å². The van der Waals surface area contributed by atoms with E-state index < -0.39 is 0 Å². The highest BCUT2D eigenvalue weighted by Gasteiger charge is 2.11. The molecular weight excluding hydrogens is 311 g/mol. The van der Waals surface area contributed by atoms with Crippen LogP contribution in [-0.2, 0) is 0 Å². The van der Waals surface area contributed by atoms with Gasteiger partial charge in [0.25, 0.3) is 0 Å². The van der Waals surface area contributed by atoms with E-state index in [9.17, 15) is 0 Å². The normalized spacial score (nSPS) is 17.9. The van der Waals surface area contributed by atoms with Crippen LogP contribution in [0.2, 0.25) is 0 Å². The zero-order valence-corrected chi connectivity index (χ0v) is 11.7. The van der Waals surface area contributed by atoms with Gasteiger partial charge in [0.1, 0.15) is 0 Å². The van der Waals surface area contributed by atoms with Crippen molar-refractivity contribution in [2.45, 2.75) is 32.1 Å². The predicted octanol–water partition coefficient (Wildman–Crippen LogP) is 3.64. The molecule has 2 N–H and O–H groups in total. The van der Waals surface area contributed by atoms with Crippen molar-refractivity contribution in [2.24, 2.45) is 0 Å². The van der Waals surface area contributed by atoms with Crippen LogP contribution in [0.1, 0.15) is 32.1 Å². The highest BCUT2D eigenvalue weighted by molar-refractivity contribution is 14.1. The van der Waals surface area contributed by atoms with Gasteiger partial charge in [0, 0.05) is 22.3 Å². The van der Waals surface area contributed by atoms with Crippen molar-refractivity contribution < 1.29 is 0 Å². The smallest absolute Gasteiger partial charge is 0.0503 e. The quantitative estimate of drug-likeness (QED) is 0.629. The van der Waals surface area contributed by atoms with Gasteiger partial charge in [0.2, 0.25) is 0 Å². The number of halogens is 1. The summed E-state index contributed by atoms with van der Waals surface area (Å²) in [6, 6.07) is 6.24. The largest absolute Gasteiger partial charge is 0.399 e. The molecule has 0 bridgehead atoms. The van der Waals surface area contributed by atoms with Gasteiger partial charge in [0.05, 0.1) is 5.69 Å². The first-order chi connectivity index (χ1) is 7.77. The predicted molar refractivity (Wildman–Crippen MR) is 78.9 cm³/mol. The molecule has 0 aliphatic carbocycles. The zero-order chi connectivity index (χ0) is 11.4. The van der Waals surface area contributed by atoms with Crippen LogP contribution < -0.4 is 10.6 Å². The van der Waals surface area contributed by atoms with Crippen LogP contribution in [-0.4, -0.2) is 13.1 Å². The Kier molecular flexibility index (Phi) is 4.32. The fraction of sp³-hybridized carbons (Fsp3) is 0.538. The molecule has 0 spiro atoms. The van der Waals surface area contributed by atoms with Gasteiger partial charge in [-0.2, -0.15) is 0 Å². The molecule has 2 rings (SSSR count). The molecule has 0 amide bonds. The van der Waals surface area contributed by atoms with Gasteiger partial charge in [-0.15, -0.1) is 0 Å². The Morgan fingerprint density at radius 3 is 2.25 bits per heavy atom.